The number of aryl methyl sites for hydroxylation is 1. The van der Waals surface area contributed by atoms with Gasteiger partial charge in [0.2, 0.25) is 5.91 Å². The number of amides is 1. The highest BCUT2D eigenvalue weighted by Gasteiger charge is 2.21. The Labute approximate surface area is 201 Å². The van der Waals surface area contributed by atoms with Crippen LogP contribution in [-0.4, -0.2) is 60.0 Å². The molecule has 6 heteroatoms. The van der Waals surface area contributed by atoms with Crippen molar-refractivity contribution in [2.75, 3.05) is 44.6 Å². The lowest BCUT2D eigenvalue weighted by molar-refractivity contribution is -0.116. The molecule has 1 amide bonds. The number of pyridine rings is 1. The minimum Gasteiger partial charge on any atom is -0.493 e. The third-order valence-corrected chi connectivity index (χ3v) is 6.94. The van der Waals surface area contributed by atoms with Crippen LogP contribution >= 0.6 is 0 Å². The quantitative estimate of drug-likeness (QED) is 0.532. The second-order valence-corrected chi connectivity index (χ2v) is 9.45. The molecule has 5 rings (SSSR count). The number of para-hydroxylation sites is 1. The van der Waals surface area contributed by atoms with Gasteiger partial charge in [-0.3, -0.25) is 14.7 Å². The Morgan fingerprint density at radius 2 is 1.82 bits per heavy atom. The van der Waals surface area contributed by atoms with E-state index in [1.165, 1.54) is 11.8 Å². The summed E-state index contributed by atoms with van der Waals surface area (Å²) in [6.07, 6.45) is 3.47. The molecule has 1 aromatic heterocycles. The molecule has 6 nitrogen and oxygen atoms in total. The van der Waals surface area contributed by atoms with Gasteiger partial charge in [-0.2, -0.15) is 0 Å². The first-order valence-electron chi connectivity index (χ1n) is 12.5. The number of ether oxygens (including phenoxy) is 1. The summed E-state index contributed by atoms with van der Waals surface area (Å²) in [4.78, 5) is 21.7. The summed E-state index contributed by atoms with van der Waals surface area (Å²) in [5.41, 5.74) is 5.42. The Hall–Kier alpha value is -2.96. The van der Waals surface area contributed by atoms with Crippen LogP contribution in [0.1, 0.15) is 36.1 Å². The van der Waals surface area contributed by atoms with Crippen molar-refractivity contribution in [2.45, 2.75) is 39.2 Å². The molecule has 1 N–H and O–H groups in total. The maximum atomic E-state index is 11.8. The molecule has 0 spiro atoms. The second-order valence-electron chi connectivity index (χ2n) is 9.45. The molecule has 0 unspecified atom stereocenters. The van der Waals surface area contributed by atoms with E-state index in [0.29, 0.717) is 13.0 Å². The molecular formula is C28H34N4O2. The van der Waals surface area contributed by atoms with E-state index in [-0.39, 0.29) is 5.91 Å². The molecule has 1 fully saturated rings. The summed E-state index contributed by atoms with van der Waals surface area (Å²) < 4.78 is 6.16. The van der Waals surface area contributed by atoms with Crippen LogP contribution in [0.15, 0.2) is 48.5 Å². The molecule has 0 radical (unpaired) electrons. The number of hydrogen-bond donors (Lipinski definition) is 1. The van der Waals surface area contributed by atoms with E-state index in [1.807, 2.05) is 13.0 Å². The lowest BCUT2D eigenvalue weighted by Gasteiger charge is -2.23. The summed E-state index contributed by atoms with van der Waals surface area (Å²) in [6, 6.07) is 16.8. The van der Waals surface area contributed by atoms with Gasteiger partial charge < -0.3 is 15.0 Å². The van der Waals surface area contributed by atoms with E-state index in [4.69, 9.17) is 9.72 Å². The SMILES string of the molecule is Cc1ccc(OCCCN2CCCN(Cc3ccc4ccccc4n3)CC2)c2c1NC(=O)CC2. The summed E-state index contributed by atoms with van der Waals surface area (Å²) in [5, 5.41) is 4.21. The molecular weight excluding hydrogens is 424 g/mol. The summed E-state index contributed by atoms with van der Waals surface area (Å²) >= 11 is 0. The zero-order chi connectivity index (χ0) is 23.3. The van der Waals surface area contributed by atoms with Gasteiger partial charge in [0.15, 0.2) is 0 Å². The summed E-state index contributed by atoms with van der Waals surface area (Å²) in [6.45, 7) is 9.09. The van der Waals surface area contributed by atoms with Gasteiger partial charge >= 0.3 is 0 Å². The molecule has 2 aliphatic rings. The molecule has 0 aliphatic carbocycles. The van der Waals surface area contributed by atoms with Gasteiger partial charge in [0, 0.05) is 43.5 Å². The highest BCUT2D eigenvalue weighted by atomic mass is 16.5. The zero-order valence-electron chi connectivity index (χ0n) is 20.1. The number of carbonyl (C=O) groups is 1. The van der Waals surface area contributed by atoms with Gasteiger partial charge in [-0.25, -0.2) is 0 Å². The van der Waals surface area contributed by atoms with Gasteiger partial charge in [-0.1, -0.05) is 30.3 Å². The van der Waals surface area contributed by atoms with Crippen LogP contribution in [0.3, 0.4) is 0 Å². The lowest BCUT2D eigenvalue weighted by atomic mass is 9.98. The predicted octanol–water partition coefficient (Wildman–Crippen LogP) is 4.40. The number of nitrogens with one attached hydrogen (secondary N) is 1. The molecule has 34 heavy (non-hydrogen) atoms. The van der Waals surface area contributed by atoms with Crippen molar-refractivity contribution in [2.24, 2.45) is 0 Å². The number of benzene rings is 2. The maximum absolute atomic E-state index is 11.8. The molecule has 0 bridgehead atoms. The molecule has 3 heterocycles. The van der Waals surface area contributed by atoms with Crippen LogP contribution < -0.4 is 10.1 Å². The standard InChI is InChI=1S/C28H34N4O2/c1-21-8-12-26(24-11-13-27(33)30-28(21)24)34-19-5-16-31-14-4-15-32(18-17-31)20-23-10-9-22-6-2-3-7-25(22)29-23/h2-3,6-10,12H,4-5,11,13-20H2,1H3,(H,30,33). The minimum absolute atomic E-state index is 0.0966. The Morgan fingerprint density at radius 1 is 0.971 bits per heavy atom. The zero-order valence-corrected chi connectivity index (χ0v) is 20.1. The van der Waals surface area contributed by atoms with Gasteiger partial charge in [-0.05, 0) is 63.0 Å². The van der Waals surface area contributed by atoms with Crippen molar-refractivity contribution in [3.63, 3.8) is 0 Å². The molecule has 0 atom stereocenters. The van der Waals surface area contributed by atoms with Crippen LogP contribution in [0.2, 0.25) is 0 Å². The van der Waals surface area contributed by atoms with Gasteiger partial charge in [-0.15, -0.1) is 0 Å². The largest absolute Gasteiger partial charge is 0.493 e. The van der Waals surface area contributed by atoms with Crippen molar-refractivity contribution in [1.82, 2.24) is 14.8 Å². The fraction of sp³-hybridized carbons (Fsp3) is 0.429. The Balaban J connectivity index is 1.08. The third-order valence-electron chi connectivity index (χ3n) is 6.94. The summed E-state index contributed by atoms with van der Waals surface area (Å²) in [7, 11) is 0. The van der Waals surface area contributed by atoms with Gasteiger partial charge in [0.25, 0.3) is 0 Å². The predicted molar refractivity (Wildman–Crippen MR) is 136 cm³/mol. The van der Waals surface area contributed by atoms with E-state index in [0.717, 1.165) is 85.9 Å². The fourth-order valence-electron chi connectivity index (χ4n) is 5.05. The normalized spacial score (nSPS) is 17.3. The first kappa shape index (κ1) is 22.8. The highest BCUT2D eigenvalue weighted by molar-refractivity contribution is 5.95. The number of aromatic nitrogens is 1. The number of anilines is 1. The Kier molecular flexibility index (Phi) is 7.07. The number of nitrogens with zero attached hydrogens (tertiary/aromatic N) is 3. The average Bonchev–Trinajstić information content (AvgIpc) is 3.08. The second kappa shape index (κ2) is 10.5. The molecule has 2 aliphatic heterocycles. The van der Waals surface area contributed by atoms with E-state index in [1.54, 1.807) is 0 Å². The monoisotopic (exact) mass is 458 g/mol. The van der Waals surface area contributed by atoms with Gasteiger partial charge in [0.1, 0.15) is 5.75 Å². The smallest absolute Gasteiger partial charge is 0.224 e. The van der Waals surface area contributed by atoms with Crippen LogP contribution in [0.5, 0.6) is 5.75 Å². The fourth-order valence-corrected chi connectivity index (χ4v) is 5.05. The number of carbonyl (C=O) groups excluding carboxylic acids is 1. The van der Waals surface area contributed by atoms with Crippen molar-refractivity contribution < 1.29 is 9.53 Å². The van der Waals surface area contributed by atoms with E-state index in [2.05, 4.69) is 57.6 Å². The van der Waals surface area contributed by atoms with Crippen molar-refractivity contribution in [3.8, 4) is 5.75 Å². The Bertz CT molecular complexity index is 1160. The number of hydrogen-bond acceptors (Lipinski definition) is 5. The molecule has 178 valence electrons. The average molecular weight is 459 g/mol. The van der Waals surface area contributed by atoms with Crippen LogP contribution in [0.4, 0.5) is 5.69 Å². The van der Waals surface area contributed by atoms with Crippen molar-refractivity contribution >= 4 is 22.5 Å². The van der Waals surface area contributed by atoms with Gasteiger partial charge in [0.05, 0.1) is 23.5 Å². The van der Waals surface area contributed by atoms with Crippen LogP contribution in [0, 0.1) is 6.92 Å². The topological polar surface area (TPSA) is 57.7 Å². The first-order valence-corrected chi connectivity index (χ1v) is 12.5. The van der Waals surface area contributed by atoms with Crippen molar-refractivity contribution in [1.29, 1.82) is 0 Å². The summed E-state index contributed by atoms with van der Waals surface area (Å²) in [5.74, 6) is 1.02. The van der Waals surface area contributed by atoms with E-state index >= 15 is 0 Å². The number of fused-ring (bicyclic) bond motifs is 2. The Morgan fingerprint density at radius 3 is 2.76 bits per heavy atom. The minimum atomic E-state index is 0.0966. The van der Waals surface area contributed by atoms with E-state index in [9.17, 15) is 4.79 Å². The lowest BCUT2D eigenvalue weighted by Crippen LogP contribution is -2.31. The molecule has 3 aromatic rings. The van der Waals surface area contributed by atoms with Crippen molar-refractivity contribution in [3.05, 3.63) is 65.4 Å². The highest BCUT2D eigenvalue weighted by Crippen LogP contribution is 2.34. The molecule has 1 saturated heterocycles. The van der Waals surface area contributed by atoms with Crippen LogP contribution in [-0.2, 0) is 17.8 Å². The third kappa shape index (κ3) is 5.40. The van der Waals surface area contributed by atoms with Crippen LogP contribution in [0.25, 0.3) is 10.9 Å². The molecule has 0 saturated carbocycles. The maximum Gasteiger partial charge on any atom is 0.224 e. The van der Waals surface area contributed by atoms with E-state index < -0.39 is 0 Å². The number of rotatable bonds is 7. The first-order chi connectivity index (χ1) is 16.7. The molecule has 2 aromatic carbocycles.